The van der Waals surface area contributed by atoms with Crippen LogP contribution in [0.25, 0.3) is 6.08 Å². The normalized spacial score (nSPS) is 14.6. The summed E-state index contributed by atoms with van der Waals surface area (Å²) in [6.45, 7) is 1.41. The van der Waals surface area contributed by atoms with E-state index in [1.807, 2.05) is 6.07 Å². The number of carbonyl (C=O) groups excluding carboxylic acids is 3. The summed E-state index contributed by atoms with van der Waals surface area (Å²) < 4.78 is 0. The second-order valence-corrected chi connectivity index (χ2v) is 8.01. The molecule has 1 aliphatic carbocycles. The zero-order valence-electron chi connectivity index (χ0n) is 17.4. The maximum absolute atomic E-state index is 13.0. The molecule has 0 heterocycles. The van der Waals surface area contributed by atoms with E-state index >= 15 is 0 Å². The Morgan fingerprint density at radius 3 is 2.29 bits per heavy atom. The molecule has 1 aliphatic rings. The minimum atomic E-state index is -0.425. The van der Waals surface area contributed by atoms with Crippen LogP contribution >= 0.6 is 11.6 Å². The highest BCUT2D eigenvalue weighted by Gasteiger charge is 2.20. The van der Waals surface area contributed by atoms with Crippen molar-refractivity contribution >= 4 is 41.1 Å². The van der Waals surface area contributed by atoms with Gasteiger partial charge in [0.05, 0.1) is 0 Å². The number of carbonyl (C=O) groups is 3. The zero-order valence-corrected chi connectivity index (χ0v) is 18.2. The fraction of sp³-hybridized carbons (Fsp3) is 0.292. The highest BCUT2D eigenvalue weighted by Crippen LogP contribution is 2.20. The molecule has 0 radical (unpaired) electrons. The number of hydrogen-bond donors (Lipinski definition) is 3. The first-order valence-electron chi connectivity index (χ1n) is 10.4. The predicted octanol–water partition coefficient (Wildman–Crippen LogP) is 4.52. The molecule has 2 aromatic rings. The Balaban J connectivity index is 1.80. The first kappa shape index (κ1) is 22.6. The Hall–Kier alpha value is -3.12. The van der Waals surface area contributed by atoms with Gasteiger partial charge in [-0.3, -0.25) is 14.4 Å². The standard InChI is InChI=1S/C24H26ClN3O3/c1-16(29)26-20-13-11-17(12-14-20)23(30)28-22(15-18-7-5-6-10-21(18)25)24(31)27-19-8-3-2-4-9-19/h5-7,10-15,19H,2-4,8-9H2,1H3,(H,26,29)(H,27,31)(H,28,30)/b22-15+. The lowest BCUT2D eigenvalue weighted by molar-refractivity contribution is -0.118. The third kappa shape index (κ3) is 6.69. The molecular weight excluding hydrogens is 414 g/mol. The molecule has 1 saturated carbocycles. The lowest BCUT2D eigenvalue weighted by Gasteiger charge is -2.23. The van der Waals surface area contributed by atoms with Gasteiger partial charge in [0, 0.05) is 29.2 Å². The van der Waals surface area contributed by atoms with Gasteiger partial charge >= 0.3 is 0 Å². The van der Waals surface area contributed by atoms with E-state index in [9.17, 15) is 14.4 Å². The third-order valence-electron chi connectivity index (χ3n) is 5.11. The number of rotatable bonds is 6. The van der Waals surface area contributed by atoms with E-state index in [0.717, 1.165) is 25.7 Å². The maximum atomic E-state index is 13.0. The van der Waals surface area contributed by atoms with Crippen LogP contribution in [0.2, 0.25) is 5.02 Å². The minimum absolute atomic E-state index is 0.102. The van der Waals surface area contributed by atoms with Crippen LogP contribution in [0.15, 0.2) is 54.2 Å². The van der Waals surface area contributed by atoms with Gasteiger partial charge < -0.3 is 16.0 Å². The van der Waals surface area contributed by atoms with Crippen LogP contribution in [0.3, 0.4) is 0 Å². The summed E-state index contributed by atoms with van der Waals surface area (Å²) in [5, 5.41) is 8.90. The van der Waals surface area contributed by atoms with E-state index in [2.05, 4.69) is 16.0 Å². The van der Waals surface area contributed by atoms with E-state index in [4.69, 9.17) is 11.6 Å². The van der Waals surface area contributed by atoms with Gasteiger partial charge in [-0.2, -0.15) is 0 Å². The topological polar surface area (TPSA) is 87.3 Å². The minimum Gasteiger partial charge on any atom is -0.348 e. The van der Waals surface area contributed by atoms with Gasteiger partial charge in [0.1, 0.15) is 5.70 Å². The van der Waals surface area contributed by atoms with Crippen LogP contribution in [0, 0.1) is 0 Å². The molecule has 0 unspecified atom stereocenters. The number of nitrogens with one attached hydrogen (secondary N) is 3. The Kier molecular flexibility index (Phi) is 7.84. The summed E-state index contributed by atoms with van der Waals surface area (Å²) in [7, 11) is 0. The quantitative estimate of drug-likeness (QED) is 0.578. The summed E-state index contributed by atoms with van der Waals surface area (Å²) in [6, 6.07) is 13.7. The lowest BCUT2D eigenvalue weighted by Crippen LogP contribution is -2.41. The molecule has 3 N–H and O–H groups in total. The van der Waals surface area contributed by atoms with Crippen molar-refractivity contribution in [1.29, 1.82) is 0 Å². The Labute approximate surface area is 187 Å². The molecule has 31 heavy (non-hydrogen) atoms. The van der Waals surface area contributed by atoms with Crippen LogP contribution in [0.4, 0.5) is 5.69 Å². The molecule has 3 amide bonds. The van der Waals surface area contributed by atoms with Crippen molar-refractivity contribution in [2.24, 2.45) is 0 Å². The SMILES string of the molecule is CC(=O)Nc1ccc(C(=O)N/C(=C/c2ccccc2Cl)C(=O)NC2CCCCC2)cc1. The van der Waals surface area contributed by atoms with E-state index < -0.39 is 5.91 Å². The van der Waals surface area contributed by atoms with Crippen molar-refractivity contribution in [2.45, 2.75) is 45.1 Å². The Morgan fingerprint density at radius 2 is 1.65 bits per heavy atom. The maximum Gasteiger partial charge on any atom is 0.268 e. The molecule has 0 aromatic heterocycles. The molecule has 162 valence electrons. The molecule has 0 bridgehead atoms. The molecule has 7 heteroatoms. The van der Waals surface area contributed by atoms with Gasteiger partial charge in [0.15, 0.2) is 0 Å². The monoisotopic (exact) mass is 439 g/mol. The van der Waals surface area contributed by atoms with Crippen LogP contribution in [0.5, 0.6) is 0 Å². The molecule has 1 fully saturated rings. The molecule has 0 atom stereocenters. The van der Waals surface area contributed by atoms with Crippen LogP contribution in [-0.2, 0) is 9.59 Å². The second kappa shape index (κ2) is 10.8. The van der Waals surface area contributed by atoms with Crippen molar-refractivity contribution in [3.63, 3.8) is 0 Å². The first-order chi connectivity index (χ1) is 14.9. The Morgan fingerprint density at radius 1 is 0.968 bits per heavy atom. The van der Waals surface area contributed by atoms with Crippen LogP contribution in [0.1, 0.15) is 54.9 Å². The second-order valence-electron chi connectivity index (χ2n) is 7.60. The zero-order chi connectivity index (χ0) is 22.2. The highest BCUT2D eigenvalue weighted by atomic mass is 35.5. The molecule has 6 nitrogen and oxygen atoms in total. The average Bonchev–Trinajstić information content (AvgIpc) is 2.75. The van der Waals surface area contributed by atoms with Crippen molar-refractivity contribution in [3.8, 4) is 0 Å². The number of hydrogen-bond acceptors (Lipinski definition) is 3. The molecule has 0 aliphatic heterocycles. The van der Waals surface area contributed by atoms with E-state index in [1.165, 1.54) is 13.3 Å². The van der Waals surface area contributed by atoms with Gasteiger partial charge in [-0.1, -0.05) is 49.1 Å². The third-order valence-corrected chi connectivity index (χ3v) is 5.45. The number of amides is 3. The molecule has 0 spiro atoms. The average molecular weight is 440 g/mol. The number of benzene rings is 2. The first-order valence-corrected chi connectivity index (χ1v) is 10.8. The summed E-state index contributed by atoms with van der Waals surface area (Å²) in [5.41, 5.74) is 1.73. The number of anilines is 1. The van der Waals surface area contributed by atoms with E-state index in [-0.39, 0.29) is 23.6 Å². The number of halogens is 1. The molecular formula is C24H26ClN3O3. The predicted molar refractivity (Wildman–Crippen MR) is 123 cm³/mol. The summed E-state index contributed by atoms with van der Waals surface area (Å²) in [6.07, 6.45) is 6.81. The van der Waals surface area contributed by atoms with Gasteiger partial charge in [0.25, 0.3) is 11.8 Å². The highest BCUT2D eigenvalue weighted by molar-refractivity contribution is 6.32. The molecule has 2 aromatic carbocycles. The van der Waals surface area contributed by atoms with Gasteiger partial charge in [0.2, 0.25) is 5.91 Å². The van der Waals surface area contributed by atoms with Crippen LogP contribution < -0.4 is 16.0 Å². The van der Waals surface area contributed by atoms with Crippen molar-refractivity contribution < 1.29 is 14.4 Å². The van der Waals surface area contributed by atoms with Crippen molar-refractivity contribution in [2.75, 3.05) is 5.32 Å². The van der Waals surface area contributed by atoms with Gasteiger partial charge in [-0.25, -0.2) is 0 Å². The van der Waals surface area contributed by atoms with E-state index in [1.54, 1.807) is 48.5 Å². The lowest BCUT2D eigenvalue weighted by atomic mass is 9.95. The van der Waals surface area contributed by atoms with E-state index in [0.29, 0.717) is 21.8 Å². The summed E-state index contributed by atoms with van der Waals surface area (Å²) in [5.74, 6) is -0.956. The largest absolute Gasteiger partial charge is 0.348 e. The summed E-state index contributed by atoms with van der Waals surface area (Å²) >= 11 is 6.25. The fourth-order valence-electron chi connectivity index (χ4n) is 3.52. The molecule has 0 saturated heterocycles. The van der Waals surface area contributed by atoms with Gasteiger partial charge in [-0.05, 0) is 54.8 Å². The smallest absolute Gasteiger partial charge is 0.268 e. The van der Waals surface area contributed by atoms with Gasteiger partial charge in [-0.15, -0.1) is 0 Å². The van der Waals surface area contributed by atoms with Crippen LogP contribution in [-0.4, -0.2) is 23.8 Å². The van der Waals surface area contributed by atoms with Crippen molar-refractivity contribution in [3.05, 3.63) is 70.4 Å². The molecule has 3 rings (SSSR count). The summed E-state index contributed by atoms with van der Waals surface area (Å²) in [4.78, 5) is 37.0. The van der Waals surface area contributed by atoms with Crippen molar-refractivity contribution in [1.82, 2.24) is 10.6 Å². The fourth-order valence-corrected chi connectivity index (χ4v) is 3.71. The Bertz CT molecular complexity index is 980.